The predicted molar refractivity (Wildman–Crippen MR) is 394 cm³/mol. The molecule has 0 heterocycles. The molecule has 2 unspecified atom stereocenters. The quantitative estimate of drug-likeness (QED) is 0.0344. The number of carbonyl (C=O) groups is 2. The van der Waals surface area contributed by atoms with Crippen molar-refractivity contribution in [3.05, 3.63) is 364 Å². The molecular weight excluding hydrogens is 1170 g/mol. The van der Waals surface area contributed by atoms with E-state index in [1.165, 1.54) is 31.8 Å². The summed E-state index contributed by atoms with van der Waals surface area (Å²) in [5, 5.41) is 14.3. The maximum atomic E-state index is 16.1. The Balaban J connectivity index is 1.00. The second-order valence-corrected chi connectivity index (χ2v) is 39.5. The Labute approximate surface area is 534 Å². The van der Waals surface area contributed by atoms with Crippen molar-refractivity contribution in [2.75, 3.05) is 12.3 Å². The van der Waals surface area contributed by atoms with E-state index >= 15 is 9.59 Å². The van der Waals surface area contributed by atoms with E-state index in [0.717, 1.165) is 44.2 Å². The van der Waals surface area contributed by atoms with Crippen LogP contribution in [0.4, 0.5) is 0 Å². The average Bonchev–Trinajstić information content (AvgIpc) is 0.876. The first-order valence-electron chi connectivity index (χ1n) is 31.6. The number of carbonyl (C=O) groups excluding carboxylic acids is 2. The SMILES string of the molecule is O=C(OC(CCC[PH](c1ccccc1)(c1ccccc1)c1ccccc1)[PH](c1ccccc1)(c1ccccc1)c1ccccc1)C(=O)OC(CCC[PH](c1ccccc1)(c1ccccc1)c1ccccc1)[PH](c1ccccc1)(c1ccccc1)c1ccccc1. The molecule has 0 radical (unpaired) electrons. The van der Waals surface area contributed by atoms with Gasteiger partial charge in [0.1, 0.15) is 0 Å². The molecule has 0 spiro atoms. The van der Waals surface area contributed by atoms with Gasteiger partial charge in [0.2, 0.25) is 0 Å². The van der Waals surface area contributed by atoms with Crippen LogP contribution in [0.2, 0.25) is 0 Å². The molecule has 0 saturated carbocycles. The third-order valence-electron chi connectivity index (χ3n) is 18.6. The molecule has 0 amide bonds. The number of ether oxygens (including phenoxy) is 2. The summed E-state index contributed by atoms with van der Waals surface area (Å²) in [6.45, 7) is 0. The van der Waals surface area contributed by atoms with E-state index in [0.29, 0.717) is 25.7 Å². The van der Waals surface area contributed by atoms with Gasteiger partial charge in [-0.1, -0.05) is 0 Å². The van der Waals surface area contributed by atoms with E-state index in [4.69, 9.17) is 9.47 Å². The molecule has 12 rings (SSSR count). The van der Waals surface area contributed by atoms with Crippen LogP contribution in [0.1, 0.15) is 25.7 Å². The van der Waals surface area contributed by atoms with Crippen LogP contribution in [0.15, 0.2) is 364 Å². The number of esters is 2. The van der Waals surface area contributed by atoms with Gasteiger partial charge in [0, 0.05) is 0 Å². The van der Waals surface area contributed by atoms with Gasteiger partial charge in [-0.3, -0.25) is 0 Å². The van der Waals surface area contributed by atoms with Gasteiger partial charge in [-0.05, 0) is 0 Å². The molecule has 12 aromatic rings. The first-order chi connectivity index (χ1) is 44.5. The Bertz CT molecular complexity index is 3480. The van der Waals surface area contributed by atoms with E-state index < -0.39 is 52.7 Å². The minimum atomic E-state index is -3.49. The van der Waals surface area contributed by atoms with Gasteiger partial charge in [-0.15, -0.1) is 0 Å². The van der Waals surface area contributed by atoms with Gasteiger partial charge in [-0.2, -0.15) is 0 Å². The topological polar surface area (TPSA) is 52.6 Å². The standard InChI is InChI=1S/C82H78O4P4/c83-81(85-79(89(73-51-25-7-26-52-73,74-53-27-8-28-54-74)75-55-29-9-30-56-75)63-37-65-87(67-39-13-1-14-40-67,68-41-15-2-16-42-68)69-43-17-3-18-44-69)82(84)86-80(90(76-57-31-10-32-58-76,77-59-33-11-34-60-77)78-61-35-12-36-62-78)64-38-66-88(70-45-19-4-20-46-70,71-47-21-5-22-48-71)72-49-23-6-24-50-72/h1-36,39-62,79-80,87-90H,37-38,63-66H2. The molecule has 90 heavy (non-hydrogen) atoms. The predicted octanol–water partition coefficient (Wildman–Crippen LogP) is 13.2. The van der Waals surface area contributed by atoms with Gasteiger partial charge in [0.15, 0.2) is 0 Å². The Kier molecular flexibility index (Phi) is 20.0. The Hall–Kier alpha value is -8.70. The Morgan fingerprint density at radius 3 is 0.522 bits per heavy atom. The summed E-state index contributed by atoms with van der Waals surface area (Å²) in [5.74, 6) is -3.52. The molecule has 0 aliphatic heterocycles. The van der Waals surface area contributed by atoms with Crippen molar-refractivity contribution < 1.29 is 19.1 Å². The fourth-order valence-electron chi connectivity index (χ4n) is 14.7. The van der Waals surface area contributed by atoms with Crippen LogP contribution in [0.3, 0.4) is 0 Å². The van der Waals surface area contributed by atoms with Gasteiger partial charge in [0.05, 0.1) is 0 Å². The molecule has 0 N–H and O–H groups in total. The molecule has 0 aliphatic rings. The van der Waals surface area contributed by atoms with Crippen LogP contribution in [0.25, 0.3) is 0 Å². The summed E-state index contributed by atoms with van der Waals surface area (Å²) < 4.78 is 14.6. The molecule has 450 valence electrons. The van der Waals surface area contributed by atoms with Gasteiger partial charge in [0.25, 0.3) is 0 Å². The average molecular weight is 1250 g/mol. The fourth-order valence-corrected chi connectivity index (χ4v) is 34.9. The van der Waals surface area contributed by atoms with E-state index in [9.17, 15) is 0 Å². The Morgan fingerprint density at radius 2 is 0.367 bits per heavy atom. The molecule has 0 aromatic heterocycles. The Morgan fingerprint density at radius 1 is 0.222 bits per heavy atom. The van der Waals surface area contributed by atoms with Crippen LogP contribution < -0.4 is 63.7 Å². The summed E-state index contributed by atoms with van der Waals surface area (Å²) in [6, 6.07) is 130. The molecule has 4 nitrogen and oxygen atoms in total. The number of hydrogen-bond acceptors (Lipinski definition) is 4. The number of hydrogen-bond donors (Lipinski definition) is 0. The molecule has 0 fully saturated rings. The van der Waals surface area contributed by atoms with Crippen molar-refractivity contribution in [2.45, 2.75) is 37.4 Å². The van der Waals surface area contributed by atoms with Crippen LogP contribution in [0.5, 0.6) is 0 Å². The summed E-state index contributed by atoms with van der Waals surface area (Å²) in [5.41, 5.74) is 0. The van der Waals surface area contributed by atoms with Crippen LogP contribution in [-0.2, 0) is 19.1 Å². The van der Waals surface area contributed by atoms with Crippen LogP contribution >= 0.6 is 29.0 Å². The van der Waals surface area contributed by atoms with E-state index in [1.807, 2.05) is 36.4 Å². The first kappa shape index (κ1) is 61.5. The van der Waals surface area contributed by atoms with E-state index in [2.05, 4.69) is 328 Å². The van der Waals surface area contributed by atoms with Crippen LogP contribution in [0, 0.1) is 0 Å². The van der Waals surface area contributed by atoms with Crippen LogP contribution in [-0.4, -0.2) is 36.0 Å². The second kappa shape index (κ2) is 29.3. The fraction of sp³-hybridized carbons (Fsp3) is 0.0976. The van der Waals surface area contributed by atoms with Gasteiger partial charge < -0.3 is 0 Å². The zero-order valence-corrected chi connectivity index (χ0v) is 54.7. The third-order valence-corrected chi connectivity index (χ3v) is 39.0. The molecule has 0 saturated heterocycles. The molecular formula is C82H78O4P4. The minimum absolute atomic E-state index is 0.469. The van der Waals surface area contributed by atoms with E-state index in [1.54, 1.807) is 0 Å². The summed E-state index contributed by atoms with van der Waals surface area (Å²) in [7, 11) is -12.6. The molecule has 8 heteroatoms. The number of rotatable bonds is 24. The summed E-state index contributed by atoms with van der Waals surface area (Å²) >= 11 is 0. The summed E-state index contributed by atoms with van der Waals surface area (Å²) in [6.07, 6.45) is 3.93. The van der Waals surface area contributed by atoms with Crippen molar-refractivity contribution in [3.63, 3.8) is 0 Å². The van der Waals surface area contributed by atoms with Crippen molar-refractivity contribution in [3.8, 4) is 0 Å². The monoisotopic (exact) mass is 1250 g/mol. The van der Waals surface area contributed by atoms with Crippen molar-refractivity contribution >= 4 is 105 Å². The summed E-state index contributed by atoms with van der Waals surface area (Å²) in [4.78, 5) is 32.3. The zero-order valence-electron chi connectivity index (χ0n) is 50.7. The van der Waals surface area contributed by atoms with Gasteiger partial charge >= 0.3 is 537 Å². The van der Waals surface area contributed by atoms with Gasteiger partial charge in [-0.25, -0.2) is 0 Å². The zero-order chi connectivity index (χ0) is 61.3. The molecule has 2 atom stereocenters. The molecule has 0 bridgehead atoms. The first-order valence-corrected chi connectivity index (χ1v) is 40.1. The molecule has 12 aromatic carbocycles. The van der Waals surface area contributed by atoms with Crippen molar-refractivity contribution in [1.82, 2.24) is 0 Å². The maximum absolute atomic E-state index is 16.1. The normalized spacial score (nSPS) is 13.2. The third kappa shape index (κ3) is 12.5. The van der Waals surface area contributed by atoms with Crippen molar-refractivity contribution in [1.29, 1.82) is 0 Å². The molecule has 0 aliphatic carbocycles. The van der Waals surface area contributed by atoms with Crippen molar-refractivity contribution in [2.24, 2.45) is 0 Å². The second-order valence-electron chi connectivity index (χ2n) is 23.4. The van der Waals surface area contributed by atoms with E-state index in [-0.39, 0.29) is 0 Å². The number of benzene rings is 12.